The van der Waals surface area contributed by atoms with Crippen LogP contribution in [0.3, 0.4) is 0 Å². The van der Waals surface area contributed by atoms with Gasteiger partial charge in [-0.3, -0.25) is 9.52 Å². The number of anilines is 2. The van der Waals surface area contributed by atoms with E-state index in [-0.39, 0.29) is 33.9 Å². The number of nitriles is 1. The van der Waals surface area contributed by atoms with Crippen molar-refractivity contribution in [1.82, 2.24) is 15.0 Å². The number of nitrogens with zero attached hydrogens (tertiary/aromatic N) is 4. The Hall–Kier alpha value is -4.76. The number of amides is 1. The lowest BCUT2D eigenvalue weighted by molar-refractivity contribution is 0.0991. The third kappa shape index (κ3) is 4.84. The number of nitrogens with one attached hydrogen (secondary N) is 2. The summed E-state index contributed by atoms with van der Waals surface area (Å²) < 4.78 is 38.7. The Bertz CT molecular complexity index is 1500. The molecule has 0 aliphatic heterocycles. The van der Waals surface area contributed by atoms with Crippen molar-refractivity contribution >= 4 is 27.4 Å². The van der Waals surface area contributed by atoms with Gasteiger partial charge in [-0.05, 0) is 18.2 Å². The number of carbonyl (C=O) groups excluding carboxylic acids is 1. The zero-order valence-corrected chi connectivity index (χ0v) is 18.4. The van der Waals surface area contributed by atoms with Gasteiger partial charge in [0.2, 0.25) is 5.88 Å². The summed E-state index contributed by atoms with van der Waals surface area (Å²) in [6.45, 7) is 0. The average Bonchev–Trinajstić information content (AvgIpc) is 3.35. The van der Waals surface area contributed by atoms with Gasteiger partial charge in [-0.1, -0.05) is 36.4 Å². The molecule has 0 aliphatic rings. The lowest BCUT2D eigenvalue weighted by Gasteiger charge is -2.12. The zero-order valence-electron chi connectivity index (χ0n) is 17.6. The van der Waals surface area contributed by atoms with E-state index in [1.54, 1.807) is 12.1 Å². The molecule has 2 N–H and O–H groups in total. The van der Waals surface area contributed by atoms with Crippen LogP contribution in [0.2, 0.25) is 0 Å². The predicted octanol–water partition coefficient (Wildman–Crippen LogP) is 3.06. The highest BCUT2D eigenvalue weighted by molar-refractivity contribution is 7.92. The van der Waals surface area contributed by atoms with Crippen LogP contribution in [0.15, 0.2) is 76.3 Å². The van der Waals surface area contributed by atoms with Crippen LogP contribution in [0.4, 0.5) is 11.5 Å². The van der Waals surface area contributed by atoms with E-state index >= 15 is 0 Å². The Morgan fingerprint density at radius 3 is 2.62 bits per heavy atom. The number of methoxy groups -OCH3 is 1. The van der Waals surface area contributed by atoms with Crippen molar-refractivity contribution < 1.29 is 22.4 Å². The Labute approximate surface area is 194 Å². The molecular weight excluding hydrogens is 460 g/mol. The third-order valence-electron chi connectivity index (χ3n) is 4.42. The average molecular weight is 476 g/mol. The van der Waals surface area contributed by atoms with E-state index in [1.165, 1.54) is 43.8 Å². The van der Waals surface area contributed by atoms with Crippen molar-refractivity contribution in [2.45, 2.75) is 4.90 Å². The largest absolute Gasteiger partial charge is 0.480 e. The molecule has 4 aromatic rings. The van der Waals surface area contributed by atoms with Crippen molar-refractivity contribution in [3.8, 4) is 23.3 Å². The first-order valence-corrected chi connectivity index (χ1v) is 11.1. The number of benzene rings is 1. The molecule has 1 amide bonds. The minimum atomic E-state index is -4.24. The Morgan fingerprint density at radius 2 is 1.88 bits per heavy atom. The maximum Gasteiger partial charge on any atom is 0.311 e. The molecule has 34 heavy (non-hydrogen) atoms. The van der Waals surface area contributed by atoms with E-state index in [9.17, 15) is 13.2 Å². The Morgan fingerprint density at radius 1 is 1.09 bits per heavy atom. The van der Waals surface area contributed by atoms with Crippen molar-refractivity contribution in [2.24, 2.45) is 0 Å². The summed E-state index contributed by atoms with van der Waals surface area (Å²) in [5.41, 5.74) is 0.838. The number of carbonyl (C=O) groups is 1. The van der Waals surface area contributed by atoms with Crippen LogP contribution in [-0.2, 0) is 10.0 Å². The van der Waals surface area contributed by atoms with Gasteiger partial charge in [0.05, 0.1) is 25.2 Å². The molecule has 1 aromatic carbocycles. The molecule has 0 spiro atoms. The fourth-order valence-corrected chi connectivity index (χ4v) is 4.04. The van der Waals surface area contributed by atoms with Crippen LogP contribution in [0, 0.1) is 11.3 Å². The van der Waals surface area contributed by atoms with Crippen LogP contribution in [0.1, 0.15) is 16.4 Å². The van der Waals surface area contributed by atoms with Gasteiger partial charge in [0, 0.05) is 5.56 Å². The van der Waals surface area contributed by atoms with Crippen molar-refractivity contribution in [3.05, 3.63) is 78.6 Å². The van der Waals surface area contributed by atoms with Gasteiger partial charge in [0.15, 0.2) is 10.7 Å². The molecule has 0 saturated heterocycles. The minimum Gasteiger partial charge on any atom is -0.480 e. The molecule has 0 unspecified atom stereocenters. The second-order valence-electron chi connectivity index (χ2n) is 6.71. The molecule has 0 atom stereocenters. The number of aromatic nitrogens is 3. The van der Waals surface area contributed by atoms with Crippen molar-refractivity contribution in [1.29, 1.82) is 5.26 Å². The summed E-state index contributed by atoms with van der Waals surface area (Å²) >= 11 is 0. The standard InChI is InChI=1S/C22H16N6O5S/c1-32-21-18(34(30,31)28-19-9-5-8-15(11-23)26-19)10-16(12-24-21)27-20(29)22-25-13-17(33-22)14-6-3-2-4-7-14/h2-10,12-13H,1H3,(H,26,28)(H,27,29). The number of pyridine rings is 2. The summed E-state index contributed by atoms with van der Waals surface area (Å²) in [5, 5.41) is 11.5. The number of rotatable bonds is 7. The molecule has 4 rings (SSSR count). The number of ether oxygens (including phenoxy) is 1. The van der Waals surface area contributed by atoms with E-state index in [0.717, 1.165) is 5.56 Å². The van der Waals surface area contributed by atoms with E-state index in [1.807, 2.05) is 24.3 Å². The number of sulfonamides is 1. The monoisotopic (exact) mass is 476 g/mol. The van der Waals surface area contributed by atoms with Crippen molar-refractivity contribution in [2.75, 3.05) is 17.1 Å². The van der Waals surface area contributed by atoms with Crippen molar-refractivity contribution in [3.63, 3.8) is 0 Å². The van der Waals surface area contributed by atoms with Gasteiger partial charge in [-0.2, -0.15) is 5.26 Å². The molecule has 0 bridgehead atoms. The van der Waals surface area contributed by atoms with Crippen LogP contribution in [-0.4, -0.2) is 36.4 Å². The summed E-state index contributed by atoms with van der Waals surface area (Å²) in [6.07, 6.45) is 2.64. The number of oxazole rings is 1. The molecule has 0 saturated carbocycles. The van der Waals surface area contributed by atoms with Gasteiger partial charge < -0.3 is 14.5 Å². The third-order valence-corrected chi connectivity index (χ3v) is 5.77. The summed E-state index contributed by atoms with van der Waals surface area (Å²) in [4.78, 5) is 24.1. The zero-order chi connectivity index (χ0) is 24.1. The lowest BCUT2D eigenvalue weighted by atomic mass is 10.2. The molecule has 0 aliphatic carbocycles. The van der Waals surface area contributed by atoms with Crippen LogP contribution >= 0.6 is 0 Å². The summed E-state index contributed by atoms with van der Waals surface area (Å²) in [6, 6.07) is 16.4. The highest BCUT2D eigenvalue weighted by Gasteiger charge is 2.24. The maximum atomic E-state index is 13.0. The summed E-state index contributed by atoms with van der Waals surface area (Å²) in [7, 11) is -2.98. The smallest absolute Gasteiger partial charge is 0.311 e. The lowest BCUT2D eigenvalue weighted by Crippen LogP contribution is -2.17. The number of hydrogen-bond acceptors (Lipinski definition) is 9. The fraction of sp³-hybridized carbons (Fsp3) is 0.0455. The van der Waals surface area contributed by atoms with E-state index in [2.05, 4.69) is 25.0 Å². The normalized spacial score (nSPS) is 10.8. The maximum absolute atomic E-state index is 13.0. The van der Waals surface area contributed by atoms with Crippen LogP contribution in [0.25, 0.3) is 11.3 Å². The van der Waals surface area contributed by atoms with Crippen LogP contribution < -0.4 is 14.8 Å². The van der Waals surface area contributed by atoms with Gasteiger partial charge >= 0.3 is 5.91 Å². The van der Waals surface area contributed by atoms with Crippen LogP contribution in [0.5, 0.6) is 5.88 Å². The Kier molecular flexibility index (Phi) is 6.20. The number of hydrogen-bond donors (Lipinski definition) is 2. The van der Waals surface area contributed by atoms with E-state index in [4.69, 9.17) is 14.4 Å². The molecule has 0 fully saturated rings. The van der Waals surface area contributed by atoms with Gasteiger partial charge in [-0.25, -0.2) is 23.4 Å². The molecule has 3 aromatic heterocycles. The molecule has 12 heteroatoms. The van der Waals surface area contributed by atoms with Gasteiger partial charge in [0.1, 0.15) is 17.6 Å². The summed E-state index contributed by atoms with van der Waals surface area (Å²) in [5.74, 6) is -0.782. The molecular formula is C22H16N6O5S. The van der Waals surface area contributed by atoms with E-state index in [0.29, 0.717) is 5.76 Å². The molecule has 3 heterocycles. The predicted molar refractivity (Wildman–Crippen MR) is 120 cm³/mol. The fourth-order valence-electron chi connectivity index (χ4n) is 2.89. The highest BCUT2D eigenvalue weighted by atomic mass is 32.2. The van der Waals surface area contributed by atoms with Gasteiger partial charge in [0.25, 0.3) is 15.9 Å². The second kappa shape index (κ2) is 9.39. The SMILES string of the molecule is COc1ncc(NC(=O)c2ncc(-c3ccccc3)o2)cc1S(=O)(=O)Nc1cccc(C#N)n1. The second-order valence-corrected chi connectivity index (χ2v) is 8.36. The van der Waals surface area contributed by atoms with E-state index < -0.39 is 15.9 Å². The minimum absolute atomic E-state index is 0.0344. The Balaban J connectivity index is 1.58. The first-order chi connectivity index (χ1) is 16.4. The van der Waals surface area contributed by atoms with Gasteiger partial charge in [-0.15, -0.1) is 0 Å². The molecule has 170 valence electrons. The topological polar surface area (TPSA) is 160 Å². The quantitative estimate of drug-likeness (QED) is 0.408. The first-order valence-electron chi connectivity index (χ1n) is 9.66. The molecule has 0 radical (unpaired) electrons. The first kappa shape index (κ1) is 22.4. The molecule has 11 nitrogen and oxygen atoms in total. The highest BCUT2D eigenvalue weighted by Crippen LogP contribution is 2.27.